The van der Waals surface area contributed by atoms with Gasteiger partial charge in [0.15, 0.2) is 6.29 Å². The smallest absolute Gasteiger partial charge is 0.163 e. The first-order chi connectivity index (χ1) is 17.1. The van der Waals surface area contributed by atoms with E-state index in [1.807, 2.05) is 6.92 Å². The molecular formula is C31H52O6. The van der Waals surface area contributed by atoms with Gasteiger partial charge in [-0.25, -0.2) is 0 Å². The molecule has 6 rings (SSSR count). The minimum Gasteiger partial charge on any atom is -0.393 e. The number of rotatable bonds is 5. The van der Waals surface area contributed by atoms with Gasteiger partial charge in [-0.15, -0.1) is 0 Å². The molecule has 12 unspecified atom stereocenters. The summed E-state index contributed by atoms with van der Waals surface area (Å²) in [7, 11) is 1.78. The average molecular weight is 521 g/mol. The normalized spacial score (nSPS) is 50.7. The zero-order valence-corrected chi connectivity index (χ0v) is 24.3. The Balaban J connectivity index is 1.50. The van der Waals surface area contributed by atoms with E-state index in [-0.39, 0.29) is 45.9 Å². The first-order valence-electron chi connectivity index (χ1n) is 14.7. The Morgan fingerprint density at radius 3 is 2.30 bits per heavy atom. The van der Waals surface area contributed by atoms with Crippen LogP contribution in [0, 0.1) is 45.3 Å². The summed E-state index contributed by atoms with van der Waals surface area (Å²) >= 11 is 0. The van der Waals surface area contributed by atoms with Crippen molar-refractivity contribution in [2.24, 2.45) is 45.3 Å². The van der Waals surface area contributed by atoms with E-state index in [0.29, 0.717) is 11.8 Å². The van der Waals surface area contributed by atoms with Crippen LogP contribution in [0.15, 0.2) is 11.6 Å². The zero-order valence-electron chi connectivity index (χ0n) is 24.3. The van der Waals surface area contributed by atoms with Crippen LogP contribution >= 0.6 is 0 Å². The number of ether oxygens (including phenoxy) is 2. The van der Waals surface area contributed by atoms with Gasteiger partial charge in [-0.3, -0.25) is 0 Å². The molecule has 4 N–H and O–H groups in total. The van der Waals surface area contributed by atoms with Crippen LogP contribution in [-0.2, 0) is 9.47 Å². The summed E-state index contributed by atoms with van der Waals surface area (Å²) in [5.41, 5.74) is -0.431. The molecule has 2 saturated heterocycles. The van der Waals surface area contributed by atoms with Gasteiger partial charge in [-0.2, -0.15) is 0 Å². The molecule has 12 atom stereocenters. The van der Waals surface area contributed by atoms with Gasteiger partial charge in [0.1, 0.15) is 12.2 Å². The van der Waals surface area contributed by atoms with Crippen LogP contribution in [0.5, 0.6) is 0 Å². The average Bonchev–Trinajstić information content (AvgIpc) is 3.15. The Kier molecular flexibility index (Phi) is 6.63. The number of aliphatic hydroxyl groups excluding tert-OH is 3. The van der Waals surface area contributed by atoms with Crippen LogP contribution in [-0.4, -0.2) is 63.8 Å². The number of aliphatic hydroxyl groups is 4. The number of methoxy groups -OCH3 is 1. The minimum absolute atomic E-state index is 0.0485. The predicted molar refractivity (Wildman–Crippen MR) is 142 cm³/mol. The molecule has 212 valence electrons. The van der Waals surface area contributed by atoms with Crippen molar-refractivity contribution in [3.05, 3.63) is 11.6 Å². The van der Waals surface area contributed by atoms with Crippen molar-refractivity contribution in [2.75, 3.05) is 7.11 Å². The topological polar surface area (TPSA) is 99.4 Å². The Bertz CT molecular complexity index is 923. The largest absolute Gasteiger partial charge is 0.393 e. The summed E-state index contributed by atoms with van der Waals surface area (Å²) in [6, 6.07) is 0. The van der Waals surface area contributed by atoms with E-state index in [2.05, 4.69) is 27.7 Å². The molecule has 2 aliphatic heterocycles. The lowest BCUT2D eigenvalue weighted by Gasteiger charge is -2.74. The molecule has 6 fully saturated rings. The maximum Gasteiger partial charge on any atom is 0.163 e. The molecule has 0 aromatic carbocycles. The second-order valence-electron chi connectivity index (χ2n) is 15.1. The van der Waals surface area contributed by atoms with Gasteiger partial charge in [0, 0.05) is 18.4 Å². The van der Waals surface area contributed by atoms with Crippen LogP contribution < -0.4 is 0 Å². The second-order valence-corrected chi connectivity index (χ2v) is 15.1. The van der Waals surface area contributed by atoms with Crippen LogP contribution in [0.3, 0.4) is 0 Å². The van der Waals surface area contributed by atoms with Gasteiger partial charge >= 0.3 is 0 Å². The molecule has 2 heterocycles. The van der Waals surface area contributed by atoms with Crippen LogP contribution in [0.25, 0.3) is 0 Å². The van der Waals surface area contributed by atoms with Gasteiger partial charge in [0.05, 0.1) is 17.8 Å². The Morgan fingerprint density at radius 2 is 1.68 bits per heavy atom. The van der Waals surface area contributed by atoms with Crippen molar-refractivity contribution >= 4 is 0 Å². The number of allylic oxidation sites excluding steroid dienone is 1. The molecule has 0 aromatic heterocycles. The minimum atomic E-state index is -1.38. The van der Waals surface area contributed by atoms with E-state index < -0.39 is 23.9 Å². The highest BCUT2D eigenvalue weighted by Gasteiger charge is 2.76. The van der Waals surface area contributed by atoms with E-state index in [9.17, 15) is 20.4 Å². The standard InChI is InChI=1S/C31H52O6/c1-17(15-21(33)25(34)28(4,5)35)18-9-12-29(6)19(18)16-20(32)24-30(29,7)13-10-22-27(2,3)23-11-14-31(22,24)26(36-8)37-23/h15,18-26,32-35H,9-14,16H2,1-8H3. The van der Waals surface area contributed by atoms with E-state index in [0.717, 1.165) is 50.5 Å². The lowest BCUT2D eigenvalue weighted by atomic mass is 9.33. The molecule has 6 heteroatoms. The van der Waals surface area contributed by atoms with Crippen molar-refractivity contribution in [3.8, 4) is 0 Å². The van der Waals surface area contributed by atoms with Crippen molar-refractivity contribution in [3.63, 3.8) is 0 Å². The van der Waals surface area contributed by atoms with Gasteiger partial charge in [-0.05, 0) is 99.7 Å². The third-order valence-corrected chi connectivity index (χ3v) is 12.9. The molecule has 37 heavy (non-hydrogen) atoms. The summed E-state index contributed by atoms with van der Waals surface area (Å²) in [5, 5.41) is 43.4. The molecule has 6 nitrogen and oxygen atoms in total. The van der Waals surface area contributed by atoms with Crippen LogP contribution in [0.2, 0.25) is 0 Å². The van der Waals surface area contributed by atoms with Gasteiger partial charge in [0.2, 0.25) is 0 Å². The van der Waals surface area contributed by atoms with Gasteiger partial charge in [0.25, 0.3) is 0 Å². The highest BCUT2D eigenvalue weighted by atomic mass is 16.7. The molecular weight excluding hydrogens is 468 g/mol. The summed E-state index contributed by atoms with van der Waals surface area (Å²) in [6.45, 7) is 14.7. The fourth-order valence-electron chi connectivity index (χ4n) is 11.0. The summed E-state index contributed by atoms with van der Waals surface area (Å²) in [6.07, 6.45) is 6.07. The fourth-order valence-corrected chi connectivity index (χ4v) is 11.0. The third kappa shape index (κ3) is 3.65. The Hall–Kier alpha value is -0.500. The van der Waals surface area contributed by atoms with E-state index in [1.54, 1.807) is 13.2 Å². The number of hydrogen-bond donors (Lipinski definition) is 4. The lowest BCUT2D eigenvalue weighted by molar-refractivity contribution is -0.390. The van der Waals surface area contributed by atoms with Gasteiger partial charge in [-0.1, -0.05) is 39.3 Å². The molecule has 4 aliphatic carbocycles. The van der Waals surface area contributed by atoms with Crippen LogP contribution in [0.1, 0.15) is 93.4 Å². The van der Waals surface area contributed by atoms with Crippen molar-refractivity contribution in [2.45, 2.75) is 130 Å². The van der Waals surface area contributed by atoms with Crippen molar-refractivity contribution in [1.82, 2.24) is 0 Å². The fraction of sp³-hybridized carbons (Fsp3) is 0.935. The van der Waals surface area contributed by atoms with E-state index >= 15 is 0 Å². The monoisotopic (exact) mass is 520 g/mol. The molecule has 0 radical (unpaired) electrons. The molecule has 0 amide bonds. The van der Waals surface area contributed by atoms with Gasteiger partial charge < -0.3 is 29.9 Å². The number of fused-ring (bicyclic) bond motifs is 5. The van der Waals surface area contributed by atoms with Crippen molar-refractivity contribution < 1.29 is 29.9 Å². The predicted octanol–water partition coefficient (Wildman–Crippen LogP) is 4.43. The highest BCUT2D eigenvalue weighted by molar-refractivity contribution is 5.25. The molecule has 0 aromatic rings. The first kappa shape index (κ1) is 28.0. The zero-order chi connectivity index (χ0) is 27.3. The first-order valence-corrected chi connectivity index (χ1v) is 14.7. The molecule has 6 aliphatic rings. The number of hydrogen-bond acceptors (Lipinski definition) is 6. The Morgan fingerprint density at radius 1 is 1.03 bits per heavy atom. The maximum absolute atomic E-state index is 12.1. The van der Waals surface area contributed by atoms with E-state index in [1.165, 1.54) is 13.8 Å². The Labute approximate surface area is 223 Å². The van der Waals surface area contributed by atoms with Crippen LogP contribution in [0.4, 0.5) is 0 Å². The quantitative estimate of drug-likeness (QED) is 0.400. The maximum atomic E-state index is 12.1. The van der Waals surface area contributed by atoms with E-state index in [4.69, 9.17) is 9.47 Å². The van der Waals surface area contributed by atoms with Crippen molar-refractivity contribution in [1.29, 1.82) is 0 Å². The second kappa shape index (κ2) is 8.75. The summed E-state index contributed by atoms with van der Waals surface area (Å²) in [5.74, 6) is 1.14. The summed E-state index contributed by atoms with van der Waals surface area (Å²) < 4.78 is 12.7. The SMILES string of the molecule is COC1OC2CCC13C(CCC1(C)C3C(O)CC3C(C(C)=CC(O)C(O)C(C)(C)O)CCC31C)C2(C)C. The molecule has 4 saturated carbocycles. The lowest BCUT2D eigenvalue weighted by Crippen LogP contribution is -2.74. The molecule has 1 spiro atoms. The molecule has 2 bridgehead atoms. The summed E-state index contributed by atoms with van der Waals surface area (Å²) in [4.78, 5) is 0. The third-order valence-electron chi connectivity index (χ3n) is 12.9. The highest BCUT2D eigenvalue weighted by Crippen LogP contribution is 2.78.